The first kappa shape index (κ1) is 40.5. The van der Waals surface area contributed by atoms with Crippen molar-refractivity contribution in [2.45, 2.75) is 0 Å². The molecule has 0 aliphatic carbocycles. The maximum absolute atomic E-state index is 4.49. The highest BCUT2D eigenvalue weighted by molar-refractivity contribution is 6.12. The van der Waals surface area contributed by atoms with Gasteiger partial charge in [0.2, 0.25) is 0 Å². The monoisotopic (exact) mass is 904 g/mol. The van der Waals surface area contributed by atoms with Gasteiger partial charge in [-0.3, -0.25) is 4.98 Å². The zero-order valence-corrected chi connectivity index (χ0v) is 38.7. The van der Waals surface area contributed by atoms with Gasteiger partial charge in [0.05, 0.1) is 34.0 Å². The highest BCUT2D eigenvalue weighted by Crippen LogP contribution is 2.42. The number of nitrogens with zero attached hydrogens (tertiary/aromatic N) is 4. The molecule has 3 aromatic heterocycles. The molecular weight excluding hydrogens is 861 g/mol. The Kier molecular flexibility index (Phi) is 9.49. The number of fused-ring (bicyclic) bond motifs is 9. The van der Waals surface area contributed by atoms with Crippen molar-refractivity contribution >= 4 is 82.2 Å². The Morgan fingerprint density at radius 2 is 0.746 bits per heavy atom. The molecule has 0 fully saturated rings. The molecule has 0 atom stereocenters. The summed E-state index contributed by atoms with van der Waals surface area (Å²) in [5.74, 6) is 0. The van der Waals surface area contributed by atoms with Gasteiger partial charge in [-0.15, -0.1) is 0 Å². The van der Waals surface area contributed by atoms with Crippen LogP contribution in [0.4, 0.5) is 17.1 Å². The summed E-state index contributed by atoms with van der Waals surface area (Å²) in [5, 5.41) is 9.87. The maximum Gasteiger partial charge on any atom is 0.0645 e. The van der Waals surface area contributed by atoms with Crippen LogP contribution in [0.15, 0.2) is 267 Å². The molecule has 0 amide bonds. The Morgan fingerprint density at radius 3 is 1.39 bits per heavy atom. The fourth-order valence-corrected chi connectivity index (χ4v) is 11.0. The number of aromatic nitrogens is 3. The van der Waals surface area contributed by atoms with Gasteiger partial charge in [-0.25, -0.2) is 0 Å². The van der Waals surface area contributed by atoms with Gasteiger partial charge in [-0.2, -0.15) is 0 Å². The van der Waals surface area contributed by atoms with E-state index in [0.717, 1.165) is 67.3 Å². The minimum absolute atomic E-state index is 1.04. The van der Waals surface area contributed by atoms with Gasteiger partial charge in [-0.1, -0.05) is 140 Å². The lowest BCUT2D eigenvalue weighted by Gasteiger charge is -2.26. The first-order valence-electron chi connectivity index (χ1n) is 24.3. The topological polar surface area (TPSA) is 26.0 Å². The predicted octanol–water partition coefficient (Wildman–Crippen LogP) is 18.1. The lowest BCUT2D eigenvalue weighted by Crippen LogP contribution is -2.09. The Morgan fingerprint density at radius 1 is 0.268 bits per heavy atom. The van der Waals surface area contributed by atoms with Crippen molar-refractivity contribution in [3.8, 4) is 44.8 Å². The van der Waals surface area contributed by atoms with Crippen LogP contribution in [-0.4, -0.2) is 14.1 Å². The Labute approximate surface area is 411 Å². The molecule has 14 aromatic rings. The van der Waals surface area contributed by atoms with Crippen LogP contribution in [0.25, 0.3) is 110 Å². The van der Waals surface area contributed by atoms with Gasteiger partial charge in [0, 0.05) is 50.5 Å². The molecule has 0 saturated carbocycles. The second kappa shape index (κ2) is 16.6. The van der Waals surface area contributed by atoms with E-state index in [1.54, 1.807) is 0 Å². The summed E-state index contributed by atoms with van der Waals surface area (Å²) in [5.41, 5.74) is 17.1. The van der Waals surface area contributed by atoms with E-state index >= 15 is 0 Å². The number of hydrogen-bond acceptors (Lipinski definition) is 2. The van der Waals surface area contributed by atoms with Crippen LogP contribution >= 0.6 is 0 Å². The minimum atomic E-state index is 1.04. The van der Waals surface area contributed by atoms with Gasteiger partial charge in [0.25, 0.3) is 0 Å². The second-order valence-corrected chi connectivity index (χ2v) is 18.4. The van der Waals surface area contributed by atoms with Crippen molar-refractivity contribution in [1.29, 1.82) is 0 Å². The first-order valence-corrected chi connectivity index (χ1v) is 24.3. The highest BCUT2D eigenvalue weighted by Gasteiger charge is 2.18. The molecule has 4 nitrogen and oxygen atoms in total. The van der Waals surface area contributed by atoms with E-state index in [1.165, 1.54) is 59.7 Å². The van der Waals surface area contributed by atoms with Crippen LogP contribution in [-0.2, 0) is 0 Å². The van der Waals surface area contributed by atoms with E-state index in [1.807, 2.05) is 18.5 Å². The minimum Gasteiger partial charge on any atom is -0.310 e. The van der Waals surface area contributed by atoms with E-state index in [9.17, 15) is 0 Å². The molecule has 0 N–H and O–H groups in total. The Bertz CT molecular complexity index is 4150. The van der Waals surface area contributed by atoms with E-state index in [2.05, 4.69) is 268 Å². The molecule has 332 valence electrons. The largest absolute Gasteiger partial charge is 0.310 e. The predicted molar refractivity (Wildman–Crippen MR) is 299 cm³/mol. The van der Waals surface area contributed by atoms with Gasteiger partial charge in [0.1, 0.15) is 0 Å². The smallest absolute Gasteiger partial charge is 0.0645 e. The fraction of sp³-hybridized carbons (Fsp3) is 0. The lowest BCUT2D eigenvalue weighted by atomic mass is 9.92. The summed E-state index contributed by atoms with van der Waals surface area (Å²) in [6.45, 7) is 0. The van der Waals surface area contributed by atoms with Crippen molar-refractivity contribution < 1.29 is 0 Å². The number of pyridine rings is 1. The molecule has 3 heterocycles. The molecule has 4 heteroatoms. The van der Waals surface area contributed by atoms with Crippen molar-refractivity contribution in [2.75, 3.05) is 4.90 Å². The highest BCUT2D eigenvalue weighted by atomic mass is 15.1. The van der Waals surface area contributed by atoms with Crippen LogP contribution < -0.4 is 4.90 Å². The zero-order chi connectivity index (χ0) is 46.8. The number of benzene rings is 11. The van der Waals surface area contributed by atoms with E-state index in [4.69, 9.17) is 0 Å². The third-order valence-electron chi connectivity index (χ3n) is 14.3. The summed E-state index contributed by atoms with van der Waals surface area (Å²) in [6.07, 6.45) is 3.77. The molecule has 0 aliphatic rings. The summed E-state index contributed by atoms with van der Waals surface area (Å²) >= 11 is 0. The fourth-order valence-electron chi connectivity index (χ4n) is 11.0. The van der Waals surface area contributed by atoms with Crippen LogP contribution in [0.3, 0.4) is 0 Å². The molecule has 14 rings (SSSR count). The molecule has 0 saturated heterocycles. The molecule has 11 aromatic carbocycles. The molecule has 0 aliphatic heterocycles. The lowest BCUT2D eigenvalue weighted by molar-refractivity contribution is 1.14. The molecule has 0 spiro atoms. The van der Waals surface area contributed by atoms with Crippen LogP contribution in [0.2, 0.25) is 0 Å². The average molecular weight is 905 g/mol. The molecular formula is C67H44N4. The second-order valence-electron chi connectivity index (χ2n) is 18.4. The first-order chi connectivity index (χ1) is 35.2. The summed E-state index contributed by atoms with van der Waals surface area (Å²) in [4.78, 5) is 6.85. The molecule has 0 bridgehead atoms. The molecule has 0 unspecified atom stereocenters. The summed E-state index contributed by atoms with van der Waals surface area (Å²) in [7, 11) is 0. The van der Waals surface area contributed by atoms with Gasteiger partial charge >= 0.3 is 0 Å². The van der Waals surface area contributed by atoms with E-state index in [-0.39, 0.29) is 0 Å². The average Bonchev–Trinajstić information content (AvgIpc) is 3.96. The standard InChI is InChI=1S/C67H44N4/c1-3-15-53(16-4-1)69(56-33-34-59-49(41-56)26-25-46-14-7-8-20-58(46)59)55-31-27-45(28-32-55)50-38-51(47-29-35-66-62(42-47)60-21-9-11-23-64(60)70(66)54-17-5-2-6-18-54)40-52(39-50)48-30-36-67-63(43-48)61-22-10-12-24-65(61)71(67)57-19-13-37-68-44-57/h1-44H. The number of rotatable bonds is 8. The van der Waals surface area contributed by atoms with Crippen LogP contribution in [0, 0.1) is 0 Å². The van der Waals surface area contributed by atoms with Gasteiger partial charge in [-0.05, 0) is 170 Å². The van der Waals surface area contributed by atoms with Gasteiger partial charge < -0.3 is 14.0 Å². The maximum atomic E-state index is 4.49. The molecule has 0 radical (unpaired) electrons. The summed E-state index contributed by atoms with van der Waals surface area (Å²) < 4.78 is 4.71. The van der Waals surface area contributed by atoms with Crippen molar-refractivity contribution in [3.05, 3.63) is 267 Å². The third kappa shape index (κ3) is 6.88. The Hall–Kier alpha value is -9.51. The SMILES string of the molecule is c1ccc(N(c2ccc(-c3cc(-c4ccc5c(c4)c4ccccc4n5-c4ccccc4)cc(-c4ccc5c(c4)c4ccccc4n5-c4cccnc4)c3)cc2)c2ccc3c(ccc4ccccc43)c2)cc1. The van der Waals surface area contributed by atoms with E-state index in [0.29, 0.717) is 0 Å². The van der Waals surface area contributed by atoms with Crippen LogP contribution in [0.1, 0.15) is 0 Å². The quantitative estimate of drug-likeness (QED) is 0.142. The van der Waals surface area contributed by atoms with E-state index < -0.39 is 0 Å². The van der Waals surface area contributed by atoms with Crippen molar-refractivity contribution in [1.82, 2.24) is 14.1 Å². The van der Waals surface area contributed by atoms with Gasteiger partial charge in [0.15, 0.2) is 0 Å². The third-order valence-corrected chi connectivity index (χ3v) is 14.3. The molecule has 71 heavy (non-hydrogen) atoms. The zero-order valence-electron chi connectivity index (χ0n) is 38.7. The summed E-state index contributed by atoms with van der Waals surface area (Å²) in [6, 6.07) is 93.0. The van der Waals surface area contributed by atoms with Crippen molar-refractivity contribution in [2.24, 2.45) is 0 Å². The number of para-hydroxylation sites is 4. The Balaban J connectivity index is 0.929. The number of anilines is 3. The van der Waals surface area contributed by atoms with Crippen molar-refractivity contribution in [3.63, 3.8) is 0 Å². The van der Waals surface area contributed by atoms with Crippen LogP contribution in [0.5, 0.6) is 0 Å². The normalized spacial score (nSPS) is 11.7. The number of hydrogen-bond donors (Lipinski definition) is 0.